The van der Waals surface area contributed by atoms with Gasteiger partial charge in [-0.2, -0.15) is 13.2 Å². The van der Waals surface area contributed by atoms with E-state index in [0.29, 0.717) is 6.20 Å². The maximum Gasteiger partial charge on any atom is 0.449 e. The van der Waals surface area contributed by atoms with E-state index in [4.69, 9.17) is 10.2 Å². The normalized spacial score (nSPS) is 13.0. The van der Waals surface area contributed by atoms with Crippen molar-refractivity contribution in [1.82, 2.24) is 9.97 Å². The van der Waals surface area contributed by atoms with E-state index < -0.39 is 17.7 Å². The summed E-state index contributed by atoms with van der Waals surface area (Å²) in [6.07, 6.45) is -2.51. The number of hydrogen-bond donors (Lipinski definition) is 2. The lowest BCUT2D eigenvalue weighted by Gasteiger charge is -2.22. The Morgan fingerprint density at radius 2 is 1.77 bits per heavy atom. The van der Waals surface area contributed by atoms with Crippen LogP contribution < -0.4 is 0 Å². The van der Waals surface area contributed by atoms with Gasteiger partial charge in [0.05, 0.1) is 6.20 Å². The highest BCUT2D eigenvalue weighted by atomic mass is 19.4. The Balaban J connectivity index is 3.08. The lowest BCUT2D eigenvalue weighted by molar-refractivity contribution is -0.360. The van der Waals surface area contributed by atoms with Crippen LogP contribution in [0.4, 0.5) is 13.2 Å². The van der Waals surface area contributed by atoms with Gasteiger partial charge in [-0.25, -0.2) is 0 Å². The van der Waals surface area contributed by atoms with Gasteiger partial charge in [0.1, 0.15) is 5.69 Å². The van der Waals surface area contributed by atoms with Crippen molar-refractivity contribution >= 4 is 0 Å². The van der Waals surface area contributed by atoms with Gasteiger partial charge in [0, 0.05) is 12.4 Å². The fourth-order valence-electron chi connectivity index (χ4n) is 0.624. The standard InChI is InChI=1S/C6H5F3N2O2/c7-6(8,9)5(12,13)4-3-10-1-2-11-4/h1-3,12-13H. The van der Waals surface area contributed by atoms with Crippen LogP contribution in [0.15, 0.2) is 18.6 Å². The molecule has 0 fully saturated rings. The number of halogens is 3. The third-order valence-electron chi connectivity index (χ3n) is 1.32. The van der Waals surface area contributed by atoms with E-state index in [1.54, 1.807) is 0 Å². The zero-order valence-corrected chi connectivity index (χ0v) is 6.15. The van der Waals surface area contributed by atoms with Crippen LogP contribution in [0.1, 0.15) is 5.69 Å². The van der Waals surface area contributed by atoms with Crippen molar-refractivity contribution in [1.29, 1.82) is 0 Å². The molecule has 0 amide bonds. The first-order chi connectivity index (χ1) is 5.86. The fourth-order valence-corrected chi connectivity index (χ4v) is 0.624. The van der Waals surface area contributed by atoms with Crippen LogP contribution in [0.25, 0.3) is 0 Å². The van der Waals surface area contributed by atoms with E-state index in [9.17, 15) is 13.2 Å². The van der Waals surface area contributed by atoms with Gasteiger partial charge in [0.25, 0.3) is 0 Å². The third kappa shape index (κ3) is 1.76. The van der Waals surface area contributed by atoms with Crippen molar-refractivity contribution in [2.75, 3.05) is 0 Å². The Labute approximate surface area is 70.7 Å². The molecule has 0 saturated carbocycles. The first-order valence-corrected chi connectivity index (χ1v) is 3.13. The Kier molecular flexibility index (Phi) is 2.22. The van der Waals surface area contributed by atoms with E-state index in [2.05, 4.69) is 9.97 Å². The zero-order valence-electron chi connectivity index (χ0n) is 6.15. The van der Waals surface area contributed by atoms with Crippen LogP contribution in [0.2, 0.25) is 0 Å². The van der Waals surface area contributed by atoms with Gasteiger partial charge in [0.15, 0.2) is 0 Å². The van der Waals surface area contributed by atoms with Crippen LogP contribution >= 0.6 is 0 Å². The summed E-state index contributed by atoms with van der Waals surface area (Å²) >= 11 is 0. The summed E-state index contributed by atoms with van der Waals surface area (Å²) in [5.41, 5.74) is -0.956. The van der Waals surface area contributed by atoms with Gasteiger partial charge in [-0.15, -0.1) is 0 Å². The predicted octanol–water partition coefficient (Wildman–Crippen LogP) is 0.176. The van der Waals surface area contributed by atoms with E-state index in [1.165, 1.54) is 0 Å². The lowest BCUT2D eigenvalue weighted by atomic mass is 10.2. The molecular weight excluding hydrogens is 189 g/mol. The highest BCUT2D eigenvalue weighted by molar-refractivity contribution is 5.05. The number of hydrogen-bond acceptors (Lipinski definition) is 4. The molecular formula is C6H5F3N2O2. The summed E-state index contributed by atoms with van der Waals surface area (Å²) in [5, 5.41) is 17.3. The molecule has 0 spiro atoms. The molecule has 0 aliphatic heterocycles. The Morgan fingerprint density at radius 1 is 1.15 bits per heavy atom. The van der Waals surface area contributed by atoms with Gasteiger partial charge < -0.3 is 10.2 Å². The molecule has 0 unspecified atom stereocenters. The minimum absolute atomic E-state index is 0.632. The molecule has 1 heterocycles. The molecule has 4 nitrogen and oxygen atoms in total. The predicted molar refractivity (Wildman–Crippen MR) is 34.2 cm³/mol. The second-order valence-electron chi connectivity index (χ2n) is 2.26. The summed E-state index contributed by atoms with van der Waals surface area (Å²) in [5.74, 6) is -3.94. The highest BCUT2D eigenvalue weighted by Crippen LogP contribution is 2.34. The maximum atomic E-state index is 12.0. The van der Waals surface area contributed by atoms with Crippen LogP contribution in [0.5, 0.6) is 0 Å². The van der Waals surface area contributed by atoms with Crippen LogP contribution in [-0.2, 0) is 5.79 Å². The molecule has 7 heteroatoms. The van der Waals surface area contributed by atoms with E-state index in [1.807, 2.05) is 0 Å². The topological polar surface area (TPSA) is 66.2 Å². The summed E-state index contributed by atoms with van der Waals surface area (Å²) in [4.78, 5) is 6.42. The fraction of sp³-hybridized carbons (Fsp3) is 0.333. The summed E-state index contributed by atoms with van der Waals surface area (Å²) in [7, 11) is 0. The molecule has 1 rings (SSSR count). The van der Waals surface area contributed by atoms with E-state index >= 15 is 0 Å². The minimum Gasteiger partial charge on any atom is -0.354 e. The molecule has 0 aliphatic rings. The van der Waals surface area contributed by atoms with Crippen LogP contribution in [-0.4, -0.2) is 26.4 Å². The maximum absolute atomic E-state index is 12.0. The van der Waals surface area contributed by atoms with Crippen molar-refractivity contribution in [3.05, 3.63) is 24.3 Å². The number of rotatable bonds is 1. The second-order valence-corrected chi connectivity index (χ2v) is 2.26. The quantitative estimate of drug-likeness (QED) is 0.625. The van der Waals surface area contributed by atoms with Gasteiger partial charge in [-0.1, -0.05) is 0 Å². The van der Waals surface area contributed by atoms with E-state index in [0.717, 1.165) is 12.4 Å². The van der Waals surface area contributed by atoms with Crippen molar-refractivity contribution in [2.24, 2.45) is 0 Å². The zero-order chi connectivity index (χ0) is 10.1. The van der Waals surface area contributed by atoms with Gasteiger partial charge in [0.2, 0.25) is 0 Å². The number of aliphatic hydroxyl groups is 2. The average Bonchev–Trinajstić information content (AvgIpc) is 2.04. The summed E-state index contributed by atoms with van der Waals surface area (Å²) < 4.78 is 35.9. The van der Waals surface area contributed by atoms with Crippen LogP contribution in [0, 0.1) is 0 Å². The summed E-state index contributed by atoms with van der Waals surface area (Å²) in [6.45, 7) is 0. The van der Waals surface area contributed by atoms with Crippen molar-refractivity contribution in [3.8, 4) is 0 Å². The number of alkyl halides is 3. The molecule has 0 radical (unpaired) electrons. The Hall–Kier alpha value is -1.21. The average molecular weight is 194 g/mol. The molecule has 2 N–H and O–H groups in total. The molecule has 0 bridgehead atoms. The molecule has 0 aromatic carbocycles. The Morgan fingerprint density at radius 3 is 2.15 bits per heavy atom. The monoisotopic (exact) mass is 194 g/mol. The lowest BCUT2D eigenvalue weighted by Crippen LogP contribution is -2.42. The molecule has 1 aromatic rings. The third-order valence-corrected chi connectivity index (χ3v) is 1.32. The molecule has 1 aromatic heterocycles. The number of nitrogens with zero attached hydrogens (tertiary/aromatic N) is 2. The SMILES string of the molecule is OC(O)(c1cnccn1)C(F)(F)F. The van der Waals surface area contributed by atoms with Gasteiger partial charge >= 0.3 is 12.0 Å². The van der Waals surface area contributed by atoms with Crippen molar-refractivity contribution < 1.29 is 23.4 Å². The molecule has 13 heavy (non-hydrogen) atoms. The molecule has 0 saturated heterocycles. The van der Waals surface area contributed by atoms with Crippen molar-refractivity contribution in [3.63, 3.8) is 0 Å². The first-order valence-electron chi connectivity index (χ1n) is 3.13. The Bertz CT molecular complexity index is 286. The molecule has 0 aliphatic carbocycles. The largest absolute Gasteiger partial charge is 0.449 e. The smallest absolute Gasteiger partial charge is 0.354 e. The minimum atomic E-state index is -5.19. The van der Waals surface area contributed by atoms with Gasteiger partial charge in [-0.3, -0.25) is 9.97 Å². The van der Waals surface area contributed by atoms with Crippen molar-refractivity contribution in [2.45, 2.75) is 12.0 Å². The number of aromatic nitrogens is 2. The van der Waals surface area contributed by atoms with Gasteiger partial charge in [-0.05, 0) is 0 Å². The molecule has 72 valence electrons. The second kappa shape index (κ2) is 2.93. The summed E-state index contributed by atoms with van der Waals surface area (Å²) in [6, 6.07) is 0. The molecule has 0 atom stereocenters. The van der Waals surface area contributed by atoms with Crippen LogP contribution in [0.3, 0.4) is 0 Å². The first kappa shape index (κ1) is 9.87. The van der Waals surface area contributed by atoms with E-state index in [-0.39, 0.29) is 0 Å². The highest BCUT2D eigenvalue weighted by Gasteiger charge is 2.55.